The number of amides is 1. The number of likely N-dealkylation sites (tertiary alicyclic amines) is 1. The fourth-order valence-corrected chi connectivity index (χ4v) is 5.53. The quantitative estimate of drug-likeness (QED) is 0.607. The number of aryl methyl sites for hydroxylation is 1. The molecule has 0 saturated carbocycles. The molecule has 1 aliphatic heterocycles. The molecule has 1 saturated heterocycles. The van der Waals surface area contributed by atoms with Crippen LogP contribution in [0.15, 0.2) is 58.5 Å². The fraction of sp³-hybridized carbons (Fsp3) is 0.304. The monoisotopic (exact) mass is 426 g/mol. The summed E-state index contributed by atoms with van der Waals surface area (Å²) in [5, 5.41) is 0.123. The smallest absolute Gasteiger partial charge is 0.256 e. The summed E-state index contributed by atoms with van der Waals surface area (Å²) in [7, 11) is -4.07. The van der Waals surface area contributed by atoms with E-state index in [4.69, 9.17) is 0 Å². The zero-order valence-corrected chi connectivity index (χ0v) is 17.6. The van der Waals surface area contributed by atoms with Crippen molar-refractivity contribution < 1.29 is 17.6 Å². The van der Waals surface area contributed by atoms with E-state index in [9.17, 15) is 17.6 Å². The number of pyridine rings is 1. The van der Waals surface area contributed by atoms with Gasteiger partial charge in [0, 0.05) is 24.7 Å². The van der Waals surface area contributed by atoms with Crippen molar-refractivity contribution in [2.24, 2.45) is 0 Å². The molecule has 0 unspecified atom stereocenters. The molecule has 1 amide bonds. The first-order chi connectivity index (χ1) is 14.4. The van der Waals surface area contributed by atoms with Crippen molar-refractivity contribution in [1.82, 2.24) is 9.88 Å². The van der Waals surface area contributed by atoms with Crippen molar-refractivity contribution >= 4 is 26.6 Å². The van der Waals surface area contributed by atoms with E-state index in [2.05, 4.69) is 11.9 Å². The summed E-state index contributed by atoms with van der Waals surface area (Å²) in [5.74, 6) is -0.961. The number of aromatic nitrogens is 1. The first-order valence-corrected chi connectivity index (χ1v) is 11.6. The molecular formula is C23H23FN2O3S. The summed E-state index contributed by atoms with van der Waals surface area (Å²) in [6.45, 7) is 3.20. The summed E-state index contributed by atoms with van der Waals surface area (Å²) < 4.78 is 41.4. The standard InChI is InChI=1S/C23H23FN2O3S/c1-2-5-16-6-9-18(10-7-16)30(28,29)22-19-14-17(24)8-11-21(19)25-15-20(22)23(27)26-12-3-4-13-26/h6-11,14-15H,2-5,12-13H2,1H3. The van der Waals surface area contributed by atoms with Gasteiger partial charge in [0.1, 0.15) is 5.82 Å². The Morgan fingerprint density at radius 1 is 1.10 bits per heavy atom. The Kier molecular flexibility index (Phi) is 5.56. The normalized spacial score (nSPS) is 14.4. The van der Waals surface area contributed by atoms with Gasteiger partial charge in [-0.1, -0.05) is 25.5 Å². The Labute approximate surface area is 175 Å². The maximum absolute atomic E-state index is 14.1. The Morgan fingerprint density at radius 3 is 2.47 bits per heavy atom. The van der Waals surface area contributed by atoms with Gasteiger partial charge in [0.05, 0.1) is 20.9 Å². The third-order valence-corrected chi connectivity index (χ3v) is 7.32. The largest absolute Gasteiger partial charge is 0.339 e. The van der Waals surface area contributed by atoms with Crippen LogP contribution in [0, 0.1) is 5.82 Å². The molecule has 3 aromatic rings. The Bertz CT molecular complexity index is 1200. The van der Waals surface area contributed by atoms with Crippen LogP contribution in [0.3, 0.4) is 0 Å². The lowest BCUT2D eigenvalue weighted by Crippen LogP contribution is -2.29. The Balaban J connectivity index is 1.93. The molecule has 7 heteroatoms. The number of sulfone groups is 1. The highest BCUT2D eigenvalue weighted by Gasteiger charge is 2.31. The zero-order valence-electron chi connectivity index (χ0n) is 16.8. The molecular weight excluding hydrogens is 403 g/mol. The summed E-state index contributed by atoms with van der Waals surface area (Å²) in [6, 6.07) is 10.5. The maximum atomic E-state index is 14.1. The van der Waals surface area contributed by atoms with Gasteiger partial charge >= 0.3 is 0 Å². The summed E-state index contributed by atoms with van der Waals surface area (Å²) in [6.07, 6.45) is 4.86. The highest BCUT2D eigenvalue weighted by atomic mass is 32.2. The van der Waals surface area contributed by atoms with Gasteiger partial charge in [-0.25, -0.2) is 12.8 Å². The number of nitrogens with zero attached hydrogens (tertiary/aromatic N) is 2. The minimum absolute atomic E-state index is 0.00682. The molecule has 156 valence electrons. The van der Waals surface area contributed by atoms with Crippen LogP contribution in [0.25, 0.3) is 10.9 Å². The highest BCUT2D eigenvalue weighted by molar-refractivity contribution is 7.91. The van der Waals surface area contributed by atoms with Crippen molar-refractivity contribution in [3.8, 4) is 0 Å². The van der Waals surface area contributed by atoms with Crippen LogP contribution in [0.4, 0.5) is 4.39 Å². The van der Waals surface area contributed by atoms with Gasteiger partial charge < -0.3 is 4.90 Å². The number of rotatable bonds is 5. The minimum atomic E-state index is -4.07. The first-order valence-electron chi connectivity index (χ1n) is 10.1. The topological polar surface area (TPSA) is 67.3 Å². The zero-order chi connectivity index (χ0) is 21.3. The van der Waals surface area contributed by atoms with Crippen LogP contribution in [0.2, 0.25) is 0 Å². The van der Waals surface area contributed by atoms with E-state index < -0.39 is 15.7 Å². The molecule has 4 rings (SSSR count). The van der Waals surface area contributed by atoms with E-state index in [0.717, 1.165) is 37.3 Å². The lowest BCUT2D eigenvalue weighted by Gasteiger charge is -2.19. The molecule has 0 spiro atoms. The van der Waals surface area contributed by atoms with Crippen LogP contribution in [-0.2, 0) is 16.3 Å². The average molecular weight is 427 g/mol. The molecule has 0 aliphatic carbocycles. The van der Waals surface area contributed by atoms with Gasteiger partial charge in [0.2, 0.25) is 9.84 Å². The van der Waals surface area contributed by atoms with Crippen molar-refractivity contribution in [2.75, 3.05) is 13.1 Å². The van der Waals surface area contributed by atoms with E-state index in [1.165, 1.54) is 18.3 Å². The second kappa shape index (κ2) is 8.14. The SMILES string of the molecule is CCCc1ccc(S(=O)(=O)c2c(C(=O)N3CCCC3)cnc3ccc(F)cc23)cc1. The van der Waals surface area contributed by atoms with Crippen LogP contribution in [0.1, 0.15) is 42.1 Å². The van der Waals surface area contributed by atoms with E-state index in [0.29, 0.717) is 18.6 Å². The van der Waals surface area contributed by atoms with Gasteiger partial charge in [0.25, 0.3) is 5.91 Å². The van der Waals surface area contributed by atoms with Crippen LogP contribution >= 0.6 is 0 Å². The lowest BCUT2D eigenvalue weighted by molar-refractivity contribution is 0.0789. The second-order valence-electron chi connectivity index (χ2n) is 7.56. The van der Waals surface area contributed by atoms with E-state index in [1.807, 2.05) is 0 Å². The molecule has 1 aromatic heterocycles. The number of halogens is 1. The van der Waals surface area contributed by atoms with Crippen LogP contribution < -0.4 is 0 Å². The number of carbonyl (C=O) groups excluding carboxylic acids is 1. The third kappa shape index (κ3) is 3.69. The summed E-state index contributed by atoms with van der Waals surface area (Å²) >= 11 is 0. The van der Waals surface area contributed by atoms with E-state index in [-0.39, 0.29) is 26.6 Å². The van der Waals surface area contributed by atoms with Crippen LogP contribution in [0.5, 0.6) is 0 Å². The molecule has 1 fully saturated rings. The molecule has 0 N–H and O–H groups in total. The van der Waals surface area contributed by atoms with Crippen molar-refractivity contribution in [3.05, 3.63) is 65.6 Å². The number of carbonyl (C=O) groups is 1. The second-order valence-corrected chi connectivity index (χ2v) is 9.45. The van der Waals surface area contributed by atoms with Gasteiger partial charge in [-0.3, -0.25) is 9.78 Å². The number of benzene rings is 2. The molecule has 2 heterocycles. The lowest BCUT2D eigenvalue weighted by atomic mass is 10.1. The molecule has 5 nitrogen and oxygen atoms in total. The minimum Gasteiger partial charge on any atom is -0.339 e. The highest BCUT2D eigenvalue weighted by Crippen LogP contribution is 2.32. The van der Waals surface area contributed by atoms with E-state index >= 15 is 0 Å². The molecule has 0 bridgehead atoms. The van der Waals surface area contributed by atoms with Crippen molar-refractivity contribution in [3.63, 3.8) is 0 Å². The fourth-order valence-electron chi connectivity index (χ4n) is 3.91. The van der Waals surface area contributed by atoms with Gasteiger partial charge in [-0.15, -0.1) is 0 Å². The Hall–Kier alpha value is -2.80. The average Bonchev–Trinajstić information content (AvgIpc) is 3.28. The van der Waals surface area contributed by atoms with E-state index in [1.54, 1.807) is 29.2 Å². The number of hydrogen-bond acceptors (Lipinski definition) is 4. The number of hydrogen-bond donors (Lipinski definition) is 0. The third-order valence-electron chi connectivity index (χ3n) is 5.45. The van der Waals surface area contributed by atoms with Gasteiger partial charge in [-0.2, -0.15) is 0 Å². The van der Waals surface area contributed by atoms with Crippen molar-refractivity contribution in [2.45, 2.75) is 42.4 Å². The first kappa shape index (κ1) is 20.5. The molecule has 0 radical (unpaired) electrons. The van der Waals surface area contributed by atoms with Gasteiger partial charge in [-0.05, 0) is 55.2 Å². The predicted molar refractivity (Wildman–Crippen MR) is 113 cm³/mol. The molecule has 30 heavy (non-hydrogen) atoms. The predicted octanol–water partition coefficient (Wildman–Crippen LogP) is 4.40. The maximum Gasteiger partial charge on any atom is 0.256 e. The summed E-state index contributed by atoms with van der Waals surface area (Å²) in [4.78, 5) is 18.9. The Morgan fingerprint density at radius 2 is 1.80 bits per heavy atom. The molecule has 2 aromatic carbocycles. The number of fused-ring (bicyclic) bond motifs is 1. The van der Waals surface area contributed by atoms with Crippen molar-refractivity contribution in [1.29, 1.82) is 0 Å². The van der Waals surface area contributed by atoms with Gasteiger partial charge in [0.15, 0.2) is 0 Å². The molecule has 1 aliphatic rings. The van der Waals surface area contributed by atoms with Crippen LogP contribution in [-0.4, -0.2) is 37.3 Å². The summed E-state index contributed by atoms with van der Waals surface area (Å²) in [5.41, 5.74) is 1.36. The molecule has 0 atom stereocenters.